The Kier molecular flexibility index (Phi) is 3.22. The van der Waals surface area contributed by atoms with Crippen LogP contribution in [0.1, 0.15) is 12.5 Å². The monoisotopic (exact) mass is 317 g/mol. The number of para-hydroxylation sites is 1. The van der Waals surface area contributed by atoms with Crippen LogP contribution in [0.2, 0.25) is 0 Å². The van der Waals surface area contributed by atoms with Crippen LogP contribution in [0, 0.1) is 0 Å². The van der Waals surface area contributed by atoms with Gasteiger partial charge in [0.25, 0.3) is 9.99 Å². The largest absolute Gasteiger partial charge is 0.310 e. The lowest BCUT2D eigenvalue weighted by atomic mass is 10.1. The van der Waals surface area contributed by atoms with Crippen LogP contribution >= 0.6 is 0 Å². The lowest BCUT2D eigenvalue weighted by Gasteiger charge is -2.24. The molecule has 6 nitrogen and oxygen atoms in total. The van der Waals surface area contributed by atoms with Gasteiger partial charge in [-0.05, 0) is 13.0 Å². The molecule has 0 saturated heterocycles. The van der Waals surface area contributed by atoms with E-state index in [0.29, 0.717) is 5.69 Å². The first kappa shape index (κ1) is 15.0. The van der Waals surface area contributed by atoms with Gasteiger partial charge >= 0.3 is 0 Å². The number of benzene rings is 1. The number of anilines is 1. The van der Waals surface area contributed by atoms with Crippen LogP contribution in [-0.2, 0) is 28.5 Å². The molecule has 0 atom stereocenters. The first-order valence-corrected chi connectivity index (χ1v) is 9.68. The normalized spacial score (nSPS) is 18.1. The van der Waals surface area contributed by atoms with E-state index in [1.807, 2.05) is 0 Å². The molecule has 0 fully saturated rings. The van der Waals surface area contributed by atoms with E-state index in [4.69, 9.17) is 0 Å². The highest BCUT2D eigenvalue weighted by Crippen LogP contribution is 2.48. The molecule has 2 rings (SSSR count). The van der Waals surface area contributed by atoms with Gasteiger partial charge in [0, 0.05) is 24.6 Å². The van der Waals surface area contributed by atoms with Crippen molar-refractivity contribution in [1.82, 2.24) is 0 Å². The summed E-state index contributed by atoms with van der Waals surface area (Å²) >= 11 is 0. The number of likely N-dealkylation sites (N-methyl/N-ethyl adjacent to an activating group) is 1. The molecule has 0 bridgehead atoms. The first-order chi connectivity index (χ1) is 9.09. The predicted molar refractivity (Wildman–Crippen MR) is 75.8 cm³/mol. The molecule has 0 saturated carbocycles. The van der Waals surface area contributed by atoms with E-state index in [0.717, 1.165) is 12.5 Å². The number of nitrogens with zero attached hydrogens (tertiary/aromatic N) is 1. The average Bonchev–Trinajstić information content (AvgIpc) is 2.56. The average molecular weight is 317 g/mol. The number of carbonyl (C=O) groups excluding carboxylic acids is 1. The van der Waals surface area contributed by atoms with Crippen LogP contribution in [0.15, 0.2) is 24.3 Å². The van der Waals surface area contributed by atoms with Crippen LogP contribution in [-0.4, -0.2) is 41.8 Å². The molecule has 1 aromatic carbocycles. The van der Waals surface area contributed by atoms with Crippen molar-refractivity contribution in [2.24, 2.45) is 0 Å². The Morgan fingerprint density at radius 2 is 1.55 bits per heavy atom. The number of amides is 1. The summed E-state index contributed by atoms with van der Waals surface area (Å²) in [6.45, 7) is 1.86. The third-order valence-corrected chi connectivity index (χ3v) is 8.13. The van der Waals surface area contributed by atoms with E-state index in [1.54, 1.807) is 19.1 Å². The van der Waals surface area contributed by atoms with Crippen LogP contribution in [0.25, 0.3) is 0 Å². The van der Waals surface area contributed by atoms with Crippen molar-refractivity contribution >= 4 is 31.3 Å². The van der Waals surface area contributed by atoms with Gasteiger partial charge in [-0.25, -0.2) is 16.8 Å². The summed E-state index contributed by atoms with van der Waals surface area (Å²) < 4.78 is 46.3. The molecule has 8 heteroatoms. The van der Waals surface area contributed by atoms with Gasteiger partial charge in [0.2, 0.25) is 0 Å². The molecule has 0 radical (unpaired) electrons. The first-order valence-electron chi connectivity index (χ1n) is 5.89. The predicted octanol–water partition coefficient (Wildman–Crippen LogP) is 0.295. The highest BCUT2D eigenvalue weighted by Gasteiger charge is 2.65. The van der Waals surface area contributed by atoms with Gasteiger partial charge in [-0.3, -0.25) is 4.79 Å². The maximum Gasteiger partial charge on any atom is 0.276 e. The number of hydrogen-bond acceptors (Lipinski definition) is 5. The summed E-state index contributed by atoms with van der Waals surface area (Å²) in [5.74, 6) is -0.925. The molecule has 0 spiro atoms. The second-order valence-electron chi connectivity index (χ2n) is 4.73. The number of carbonyl (C=O) groups is 1. The van der Waals surface area contributed by atoms with Crippen molar-refractivity contribution in [2.45, 2.75) is 11.0 Å². The molecule has 1 amide bonds. The number of sulfone groups is 2. The van der Waals surface area contributed by atoms with E-state index < -0.39 is 29.7 Å². The summed E-state index contributed by atoms with van der Waals surface area (Å²) in [5.41, 5.74) is 0.340. The van der Waals surface area contributed by atoms with Crippen molar-refractivity contribution in [3.63, 3.8) is 0 Å². The Morgan fingerprint density at radius 3 is 2.00 bits per heavy atom. The molecular formula is C12H15NO5S2. The standard InChI is InChI=1S/C12H15NO5S2/c1-4-13-10-8-6-5-7-9(10)12(11(13)14,19(2,15)16)20(3,17)18/h5-8H,4H2,1-3H3. The number of rotatable bonds is 3. The minimum absolute atomic E-state index is 0.0110. The fourth-order valence-electron chi connectivity index (χ4n) is 2.70. The molecule has 1 aliphatic heterocycles. The topological polar surface area (TPSA) is 88.6 Å². The fraction of sp³-hybridized carbons (Fsp3) is 0.417. The van der Waals surface area contributed by atoms with Crippen molar-refractivity contribution in [3.05, 3.63) is 29.8 Å². The maximum absolute atomic E-state index is 12.6. The van der Waals surface area contributed by atoms with Gasteiger partial charge in [0.15, 0.2) is 19.7 Å². The number of hydrogen-bond donors (Lipinski definition) is 0. The Labute approximate surface area is 118 Å². The minimum atomic E-state index is -4.21. The summed E-state index contributed by atoms with van der Waals surface area (Å²) in [6, 6.07) is 6.09. The highest BCUT2D eigenvalue weighted by atomic mass is 32.3. The van der Waals surface area contributed by atoms with E-state index in [1.165, 1.54) is 17.0 Å². The molecule has 20 heavy (non-hydrogen) atoms. The van der Waals surface area contributed by atoms with Gasteiger partial charge in [0.1, 0.15) is 0 Å². The zero-order valence-corrected chi connectivity index (χ0v) is 13.0. The van der Waals surface area contributed by atoms with Crippen molar-refractivity contribution in [2.75, 3.05) is 24.0 Å². The van der Waals surface area contributed by atoms with Crippen molar-refractivity contribution in [1.29, 1.82) is 0 Å². The van der Waals surface area contributed by atoms with Crippen molar-refractivity contribution in [3.8, 4) is 0 Å². The van der Waals surface area contributed by atoms with Crippen LogP contribution in [0.3, 0.4) is 0 Å². The van der Waals surface area contributed by atoms with Crippen LogP contribution in [0.5, 0.6) is 0 Å². The lowest BCUT2D eigenvalue weighted by Crippen LogP contribution is -2.50. The Morgan fingerprint density at radius 1 is 1.05 bits per heavy atom. The molecule has 110 valence electrons. The Hall–Kier alpha value is -1.41. The van der Waals surface area contributed by atoms with Gasteiger partial charge in [0.05, 0.1) is 5.69 Å². The lowest BCUT2D eigenvalue weighted by molar-refractivity contribution is -0.118. The van der Waals surface area contributed by atoms with Gasteiger partial charge in [-0.2, -0.15) is 0 Å². The minimum Gasteiger partial charge on any atom is -0.310 e. The van der Waals surface area contributed by atoms with E-state index in [9.17, 15) is 21.6 Å². The molecule has 0 unspecified atom stereocenters. The Bertz CT molecular complexity index is 748. The molecule has 0 aromatic heterocycles. The SMILES string of the molecule is CCN1C(=O)C(S(C)(=O)=O)(S(C)(=O)=O)c2ccccc21. The van der Waals surface area contributed by atoms with E-state index in [2.05, 4.69) is 0 Å². The molecule has 0 aliphatic carbocycles. The molecule has 1 heterocycles. The fourth-order valence-corrected chi connectivity index (χ4v) is 6.89. The second-order valence-corrected chi connectivity index (χ2v) is 9.30. The zero-order valence-electron chi connectivity index (χ0n) is 11.3. The summed E-state index contributed by atoms with van der Waals surface area (Å²) in [6.07, 6.45) is 1.56. The van der Waals surface area contributed by atoms with E-state index >= 15 is 0 Å². The van der Waals surface area contributed by atoms with Crippen LogP contribution < -0.4 is 4.90 Å². The molecule has 1 aromatic rings. The van der Waals surface area contributed by atoms with Crippen molar-refractivity contribution < 1.29 is 21.6 Å². The third-order valence-electron chi connectivity index (χ3n) is 3.44. The molecule has 1 aliphatic rings. The third kappa shape index (κ3) is 1.64. The van der Waals surface area contributed by atoms with Gasteiger partial charge < -0.3 is 4.90 Å². The maximum atomic E-state index is 12.6. The smallest absolute Gasteiger partial charge is 0.276 e. The van der Waals surface area contributed by atoms with Crippen LogP contribution in [0.4, 0.5) is 5.69 Å². The van der Waals surface area contributed by atoms with Gasteiger partial charge in [-0.1, -0.05) is 18.2 Å². The molecule has 0 N–H and O–H groups in total. The quantitative estimate of drug-likeness (QED) is 0.800. The Balaban J connectivity index is 3.02. The summed E-state index contributed by atoms with van der Waals surface area (Å²) in [5, 5.41) is 0. The van der Waals surface area contributed by atoms with Gasteiger partial charge in [-0.15, -0.1) is 0 Å². The highest BCUT2D eigenvalue weighted by molar-refractivity contribution is 8.10. The van der Waals surface area contributed by atoms with E-state index in [-0.39, 0.29) is 12.1 Å². The molecular weight excluding hydrogens is 302 g/mol. The summed E-state index contributed by atoms with van der Waals surface area (Å²) in [4.78, 5) is 13.8. The second kappa shape index (κ2) is 4.29. The number of fused-ring (bicyclic) bond motifs is 1. The zero-order chi connectivity index (χ0) is 15.3. The summed E-state index contributed by atoms with van der Waals surface area (Å²) in [7, 11) is -8.41.